The molecule has 1 fully saturated rings. The summed E-state index contributed by atoms with van der Waals surface area (Å²) in [6.45, 7) is 4.30. The maximum atomic E-state index is 11.3. The summed E-state index contributed by atoms with van der Waals surface area (Å²) in [4.78, 5) is 16.3. The highest BCUT2D eigenvalue weighted by atomic mass is 16.6. The number of rotatable bonds is 6. The van der Waals surface area contributed by atoms with E-state index in [1.165, 1.54) is 5.56 Å². The number of oxime groups is 1. The lowest BCUT2D eigenvalue weighted by atomic mass is 10.0. The van der Waals surface area contributed by atoms with Gasteiger partial charge in [-0.15, -0.1) is 0 Å². The average Bonchev–Trinajstić information content (AvgIpc) is 3.19. The Morgan fingerprint density at radius 3 is 2.68 bits per heavy atom. The molecule has 0 radical (unpaired) electrons. The minimum atomic E-state index is -0.102. The molecular weight excluding hydrogens is 240 g/mol. The van der Waals surface area contributed by atoms with Crippen LogP contribution >= 0.6 is 0 Å². The smallest absolute Gasteiger partial charge is 0.260 e. The van der Waals surface area contributed by atoms with Gasteiger partial charge in [-0.2, -0.15) is 0 Å². The molecule has 0 saturated heterocycles. The molecule has 19 heavy (non-hydrogen) atoms. The number of benzene rings is 1. The molecule has 0 heterocycles. The SMILES string of the molecule is CC(C)c1ccc(/C=N\OCC(=O)NC2CC2)cc1. The summed E-state index contributed by atoms with van der Waals surface area (Å²) in [6.07, 6.45) is 3.78. The van der Waals surface area contributed by atoms with Crippen molar-refractivity contribution in [1.82, 2.24) is 5.32 Å². The van der Waals surface area contributed by atoms with Gasteiger partial charge in [0.25, 0.3) is 5.91 Å². The van der Waals surface area contributed by atoms with Crippen molar-refractivity contribution in [3.63, 3.8) is 0 Å². The van der Waals surface area contributed by atoms with E-state index in [-0.39, 0.29) is 12.5 Å². The molecule has 1 amide bonds. The molecule has 2 rings (SSSR count). The summed E-state index contributed by atoms with van der Waals surface area (Å²) in [6, 6.07) is 8.50. The number of hydrogen-bond donors (Lipinski definition) is 1. The largest absolute Gasteiger partial charge is 0.386 e. The number of amides is 1. The third-order valence-corrected chi connectivity index (χ3v) is 3.02. The van der Waals surface area contributed by atoms with Crippen LogP contribution in [0.1, 0.15) is 43.7 Å². The molecule has 4 heteroatoms. The van der Waals surface area contributed by atoms with E-state index in [0.29, 0.717) is 12.0 Å². The average molecular weight is 260 g/mol. The van der Waals surface area contributed by atoms with Crippen molar-refractivity contribution < 1.29 is 9.63 Å². The van der Waals surface area contributed by atoms with Crippen molar-refractivity contribution in [1.29, 1.82) is 0 Å². The van der Waals surface area contributed by atoms with Crippen LogP contribution in [0.2, 0.25) is 0 Å². The maximum Gasteiger partial charge on any atom is 0.260 e. The van der Waals surface area contributed by atoms with Gasteiger partial charge in [0.15, 0.2) is 6.61 Å². The Morgan fingerprint density at radius 2 is 2.11 bits per heavy atom. The molecule has 0 bridgehead atoms. The Bertz CT molecular complexity index is 448. The van der Waals surface area contributed by atoms with Gasteiger partial charge < -0.3 is 10.2 Å². The Morgan fingerprint density at radius 1 is 1.42 bits per heavy atom. The summed E-state index contributed by atoms with van der Waals surface area (Å²) in [5.74, 6) is 0.420. The fourth-order valence-electron chi connectivity index (χ4n) is 1.66. The highest BCUT2D eigenvalue weighted by Gasteiger charge is 2.23. The van der Waals surface area contributed by atoms with Crippen LogP contribution in [0.5, 0.6) is 0 Å². The molecule has 102 valence electrons. The standard InChI is InChI=1S/C15H20N2O2/c1-11(2)13-5-3-12(4-6-13)9-16-19-10-15(18)17-14-7-8-14/h3-6,9,11,14H,7-8,10H2,1-2H3,(H,17,18)/b16-9-. The third kappa shape index (κ3) is 4.73. The van der Waals surface area contributed by atoms with Crippen LogP contribution in [0.4, 0.5) is 0 Å². The minimum absolute atomic E-state index is 0.0168. The van der Waals surface area contributed by atoms with Gasteiger partial charge in [-0.05, 0) is 29.9 Å². The predicted molar refractivity (Wildman–Crippen MR) is 75.2 cm³/mol. The first-order valence-electron chi connectivity index (χ1n) is 6.70. The first kappa shape index (κ1) is 13.6. The first-order chi connectivity index (χ1) is 9.15. The van der Waals surface area contributed by atoms with Crippen LogP contribution in [0.25, 0.3) is 0 Å². The van der Waals surface area contributed by atoms with Crippen LogP contribution in [0.15, 0.2) is 29.4 Å². The monoisotopic (exact) mass is 260 g/mol. The van der Waals surface area contributed by atoms with E-state index in [4.69, 9.17) is 4.84 Å². The molecule has 1 aromatic rings. The molecule has 0 aromatic heterocycles. The second-order valence-corrected chi connectivity index (χ2v) is 5.17. The Labute approximate surface area is 113 Å². The van der Waals surface area contributed by atoms with E-state index in [0.717, 1.165) is 18.4 Å². The van der Waals surface area contributed by atoms with Gasteiger partial charge in [-0.3, -0.25) is 4.79 Å². The summed E-state index contributed by atoms with van der Waals surface area (Å²) in [5, 5.41) is 6.63. The first-order valence-corrected chi connectivity index (χ1v) is 6.70. The van der Waals surface area contributed by atoms with Gasteiger partial charge in [0.05, 0.1) is 6.21 Å². The van der Waals surface area contributed by atoms with Gasteiger partial charge in [-0.1, -0.05) is 43.3 Å². The van der Waals surface area contributed by atoms with Crippen molar-refractivity contribution in [3.8, 4) is 0 Å². The number of carbonyl (C=O) groups excluding carboxylic acids is 1. The summed E-state index contributed by atoms with van der Waals surface area (Å²) in [7, 11) is 0. The Kier molecular flexibility index (Phi) is 4.55. The van der Waals surface area contributed by atoms with Crippen LogP contribution in [-0.2, 0) is 9.63 Å². The molecule has 4 nitrogen and oxygen atoms in total. The zero-order chi connectivity index (χ0) is 13.7. The van der Waals surface area contributed by atoms with Gasteiger partial charge in [0, 0.05) is 6.04 Å². The summed E-state index contributed by atoms with van der Waals surface area (Å²) >= 11 is 0. The Balaban J connectivity index is 1.73. The quantitative estimate of drug-likeness (QED) is 0.631. The van der Waals surface area contributed by atoms with Crippen molar-refractivity contribution in [2.45, 2.75) is 38.6 Å². The summed E-state index contributed by atoms with van der Waals surface area (Å²) in [5.41, 5.74) is 2.26. The molecule has 1 aliphatic rings. The highest BCUT2D eigenvalue weighted by Crippen LogP contribution is 2.18. The zero-order valence-corrected chi connectivity index (χ0v) is 11.4. The molecule has 1 aliphatic carbocycles. The lowest BCUT2D eigenvalue weighted by Crippen LogP contribution is -2.28. The number of hydrogen-bond acceptors (Lipinski definition) is 3. The van der Waals surface area contributed by atoms with E-state index in [1.807, 2.05) is 12.1 Å². The second kappa shape index (κ2) is 6.36. The predicted octanol–water partition coefficient (Wildman–Crippen LogP) is 2.44. The number of nitrogens with one attached hydrogen (secondary N) is 1. The van der Waals surface area contributed by atoms with Crippen LogP contribution in [0.3, 0.4) is 0 Å². The fourth-order valence-corrected chi connectivity index (χ4v) is 1.66. The van der Waals surface area contributed by atoms with E-state index in [9.17, 15) is 4.79 Å². The van der Waals surface area contributed by atoms with E-state index < -0.39 is 0 Å². The highest BCUT2D eigenvalue weighted by molar-refractivity contribution is 5.80. The minimum Gasteiger partial charge on any atom is -0.386 e. The Hall–Kier alpha value is -1.84. The molecule has 0 atom stereocenters. The maximum absolute atomic E-state index is 11.3. The van der Waals surface area contributed by atoms with Gasteiger partial charge >= 0.3 is 0 Å². The molecular formula is C15H20N2O2. The molecule has 1 aromatic carbocycles. The van der Waals surface area contributed by atoms with Gasteiger partial charge in [-0.25, -0.2) is 0 Å². The molecule has 0 aliphatic heterocycles. The lowest BCUT2D eigenvalue weighted by molar-refractivity contribution is -0.125. The second-order valence-electron chi connectivity index (χ2n) is 5.17. The topological polar surface area (TPSA) is 50.7 Å². The molecule has 0 spiro atoms. The van der Waals surface area contributed by atoms with Crippen molar-refractivity contribution in [2.24, 2.45) is 5.16 Å². The zero-order valence-electron chi connectivity index (χ0n) is 11.4. The van der Waals surface area contributed by atoms with Gasteiger partial charge in [0.1, 0.15) is 0 Å². The van der Waals surface area contributed by atoms with Crippen molar-refractivity contribution in [3.05, 3.63) is 35.4 Å². The molecule has 1 N–H and O–H groups in total. The van der Waals surface area contributed by atoms with Crippen LogP contribution in [-0.4, -0.2) is 24.8 Å². The summed E-state index contributed by atoms with van der Waals surface area (Å²) < 4.78 is 0. The lowest BCUT2D eigenvalue weighted by Gasteiger charge is -2.04. The van der Waals surface area contributed by atoms with E-state index in [1.54, 1.807) is 6.21 Å². The molecule has 0 unspecified atom stereocenters. The normalized spacial score (nSPS) is 14.9. The number of carbonyl (C=O) groups is 1. The van der Waals surface area contributed by atoms with Crippen molar-refractivity contribution >= 4 is 12.1 Å². The van der Waals surface area contributed by atoms with Gasteiger partial charge in [0.2, 0.25) is 0 Å². The third-order valence-electron chi connectivity index (χ3n) is 3.02. The number of nitrogens with zero attached hydrogens (tertiary/aromatic N) is 1. The van der Waals surface area contributed by atoms with Crippen LogP contribution in [0, 0.1) is 0 Å². The van der Waals surface area contributed by atoms with E-state index in [2.05, 4.69) is 36.5 Å². The molecule has 1 saturated carbocycles. The van der Waals surface area contributed by atoms with Crippen LogP contribution < -0.4 is 5.32 Å². The van der Waals surface area contributed by atoms with E-state index >= 15 is 0 Å². The fraction of sp³-hybridized carbons (Fsp3) is 0.467. The van der Waals surface area contributed by atoms with Crippen molar-refractivity contribution in [2.75, 3.05) is 6.61 Å².